The number of nitrogens with two attached hydrogens (primary N) is 3. The third-order valence-electron chi connectivity index (χ3n) is 13.8. The number of carboxylic acids is 1. The first-order valence-electron chi connectivity index (χ1n) is 27.6. The number of benzene rings is 4. The number of carboxylic acid groups (broad SMARTS) is 1. The molecular formula is C58H72BrN13O12S2. The van der Waals surface area contributed by atoms with Crippen LogP contribution in [0, 0.1) is 0 Å². The second-order valence-electron chi connectivity index (χ2n) is 20.5. The third-order valence-corrected chi connectivity index (χ3v) is 16.9. The van der Waals surface area contributed by atoms with Crippen LogP contribution in [0.1, 0.15) is 65.7 Å². The van der Waals surface area contributed by atoms with E-state index >= 15 is 9.59 Å². The van der Waals surface area contributed by atoms with Crippen molar-refractivity contribution in [2.75, 3.05) is 18.1 Å². The number of hydrogen-bond acceptors (Lipinski definition) is 15. The predicted octanol–water partition coefficient (Wildman–Crippen LogP) is 0.294. The van der Waals surface area contributed by atoms with Crippen molar-refractivity contribution >= 4 is 108 Å². The largest absolute Gasteiger partial charge is 0.480 e. The van der Waals surface area contributed by atoms with Gasteiger partial charge in [0.15, 0.2) is 12.0 Å². The Morgan fingerprint density at radius 1 is 0.709 bits per heavy atom. The first-order valence-corrected chi connectivity index (χ1v) is 30.8. The fraction of sp³-hybridized carbons (Fsp3) is 0.379. The molecule has 25 nitrogen and oxygen atoms in total. The Bertz CT molecular complexity index is 3210. The lowest BCUT2D eigenvalue weighted by Crippen LogP contribution is -2.62. The van der Waals surface area contributed by atoms with E-state index in [4.69, 9.17) is 17.2 Å². The number of aromatic amines is 1. The number of fused-ring (bicyclic) bond motifs is 1. The number of amides is 8. The SMILES string of the molecule is C[C@@H](O)C1NC(=O)[C@H](CCCCN)NC(=O)[C@H](Cc2c[nH]c3ccccc23)NC(=O)C(Cc2ccccc2)NC(=O)[C@@H](NC(=O)[C@@H](Cc2ccccc2)NC(=O)c2ccc(CN=C(N)N)cc2Br)CSSCC(C(=O)N[C@H](C(=O)O)[C@@H](C)O)NC1=O. The number of halogens is 1. The molecule has 1 aliphatic rings. The van der Waals surface area contributed by atoms with Gasteiger partial charge in [0.1, 0.15) is 42.3 Å². The van der Waals surface area contributed by atoms with Crippen molar-refractivity contribution in [3.63, 3.8) is 0 Å². The van der Waals surface area contributed by atoms with Gasteiger partial charge in [0.2, 0.25) is 41.4 Å². The highest BCUT2D eigenvalue weighted by Gasteiger charge is 2.38. The van der Waals surface area contributed by atoms with Gasteiger partial charge in [0.25, 0.3) is 5.91 Å². The quantitative estimate of drug-likeness (QED) is 0.0203. The van der Waals surface area contributed by atoms with E-state index in [-0.39, 0.29) is 56.0 Å². The van der Waals surface area contributed by atoms with Gasteiger partial charge < -0.3 is 80.0 Å². The number of H-pyrrole nitrogens is 1. The Morgan fingerprint density at radius 2 is 1.33 bits per heavy atom. The Labute approximate surface area is 512 Å². The van der Waals surface area contributed by atoms with Gasteiger partial charge >= 0.3 is 5.97 Å². The molecule has 10 atom stereocenters. The fourth-order valence-electron chi connectivity index (χ4n) is 9.12. The molecule has 3 unspecified atom stereocenters. The number of carbonyl (C=O) groups is 9. The number of rotatable bonds is 21. The van der Waals surface area contributed by atoms with E-state index in [0.717, 1.165) is 39.4 Å². The lowest BCUT2D eigenvalue weighted by Gasteiger charge is -2.29. The summed E-state index contributed by atoms with van der Waals surface area (Å²) in [4.78, 5) is 136. The molecule has 0 bridgehead atoms. The Balaban J connectivity index is 1.43. The van der Waals surface area contributed by atoms with Crippen LogP contribution in [0.3, 0.4) is 0 Å². The van der Waals surface area contributed by atoms with Gasteiger partial charge in [-0.3, -0.25) is 38.4 Å². The maximum Gasteiger partial charge on any atom is 0.328 e. The zero-order valence-electron chi connectivity index (χ0n) is 47.1. The summed E-state index contributed by atoms with van der Waals surface area (Å²) >= 11 is 3.44. The van der Waals surface area contributed by atoms with Crippen molar-refractivity contribution in [2.24, 2.45) is 22.2 Å². The molecule has 8 amide bonds. The maximum atomic E-state index is 15.1. The van der Waals surface area contributed by atoms with Crippen LogP contribution in [-0.4, -0.2) is 158 Å². The van der Waals surface area contributed by atoms with Gasteiger partial charge in [-0.05, 0) is 96.0 Å². The monoisotopic (exact) mass is 1290 g/mol. The zero-order valence-corrected chi connectivity index (χ0v) is 50.3. The second kappa shape index (κ2) is 33.0. The standard InChI is InChI=1S/C58H72BrN13O12S2/c1-31(73)47-56(82)70-46(55(81)72-48(32(2)74)57(83)84)30-86-85-29-45(69-52(78)42(24-33-13-5-3-6-14-33)66-49(75)38-21-20-35(23-39(38)59)27-64-58(61)62)54(80)67-43(25-34-15-7-4-8-16-34)51(77)68-44(26-36-28-63-40-18-10-9-17-37(36)40)53(79)65-41(50(76)71-47)19-11-12-22-60/h3-10,13-18,20-21,23,28,31-32,41-48,63,73-74H,11-12,19,22,24-27,29-30,60H2,1-2H3,(H,65,79)(H,66,75)(H,67,80)(H,68,77)(H,69,78)(H,70,82)(H,71,76)(H,72,81)(H,83,84)(H4,61,62,64)/t31-,32-,41+,42-,43?,44+,45+,46?,47?,48+/m1/s1. The molecule has 0 radical (unpaired) electrons. The number of aliphatic hydroxyl groups excluding tert-OH is 2. The molecule has 0 saturated carbocycles. The van der Waals surface area contributed by atoms with E-state index in [1.165, 1.54) is 13.0 Å². The molecule has 2 heterocycles. The highest BCUT2D eigenvalue weighted by molar-refractivity contribution is 9.10. The molecule has 1 aromatic heterocycles. The van der Waals surface area contributed by atoms with Crippen LogP contribution in [0.5, 0.6) is 0 Å². The smallest absolute Gasteiger partial charge is 0.328 e. The number of aliphatic imine (C=N–C) groups is 1. The third kappa shape index (κ3) is 20.0. The summed E-state index contributed by atoms with van der Waals surface area (Å²) in [6.45, 7) is 2.66. The number of aliphatic carboxylic acids is 1. The number of hydrogen-bond donors (Lipinski definition) is 15. The minimum absolute atomic E-state index is 0.0341. The Kier molecular flexibility index (Phi) is 25.8. The van der Waals surface area contributed by atoms with E-state index in [1.54, 1.807) is 85.1 Å². The molecule has 5 aromatic rings. The topological polar surface area (TPSA) is 417 Å². The van der Waals surface area contributed by atoms with Gasteiger partial charge in [-0.15, -0.1) is 0 Å². The molecule has 1 fully saturated rings. The molecule has 86 heavy (non-hydrogen) atoms. The van der Waals surface area contributed by atoms with E-state index in [0.29, 0.717) is 39.6 Å². The fourth-order valence-corrected chi connectivity index (χ4v) is 12.1. The number of aromatic nitrogens is 1. The number of nitrogens with one attached hydrogen (secondary N) is 9. The van der Waals surface area contributed by atoms with Crippen molar-refractivity contribution in [3.8, 4) is 0 Å². The summed E-state index contributed by atoms with van der Waals surface area (Å²) in [6, 6.07) is 16.9. The zero-order chi connectivity index (χ0) is 62.5. The van der Waals surface area contributed by atoms with Gasteiger partial charge in [-0.25, -0.2) is 9.79 Å². The second-order valence-corrected chi connectivity index (χ2v) is 23.9. The average Bonchev–Trinajstić information content (AvgIpc) is 3.82. The van der Waals surface area contributed by atoms with Crippen molar-refractivity contribution in [1.82, 2.24) is 47.5 Å². The number of carbonyl (C=O) groups excluding carboxylic acids is 8. The molecule has 4 aromatic carbocycles. The van der Waals surface area contributed by atoms with Gasteiger partial charge in [0.05, 0.1) is 24.3 Å². The van der Waals surface area contributed by atoms with E-state index in [2.05, 4.69) is 68.4 Å². The van der Waals surface area contributed by atoms with Crippen LogP contribution < -0.4 is 59.7 Å². The van der Waals surface area contributed by atoms with Crippen LogP contribution in [0.4, 0.5) is 0 Å². The van der Waals surface area contributed by atoms with E-state index in [1.807, 2.05) is 18.2 Å². The minimum Gasteiger partial charge on any atom is -0.480 e. The molecule has 0 spiro atoms. The van der Waals surface area contributed by atoms with Crippen molar-refractivity contribution in [3.05, 3.63) is 142 Å². The highest BCUT2D eigenvalue weighted by atomic mass is 79.9. The van der Waals surface area contributed by atoms with Crippen LogP contribution in [0.25, 0.3) is 10.9 Å². The molecular weight excluding hydrogens is 1210 g/mol. The molecule has 460 valence electrons. The molecule has 0 aliphatic carbocycles. The lowest BCUT2D eigenvalue weighted by atomic mass is 10.0. The van der Waals surface area contributed by atoms with E-state index < -0.39 is 120 Å². The molecule has 18 N–H and O–H groups in total. The highest BCUT2D eigenvalue weighted by Crippen LogP contribution is 2.25. The summed E-state index contributed by atoms with van der Waals surface area (Å²) in [7, 11) is 1.80. The molecule has 6 rings (SSSR count). The first kappa shape index (κ1) is 67.1. The van der Waals surface area contributed by atoms with Crippen LogP contribution >= 0.6 is 37.5 Å². The first-order chi connectivity index (χ1) is 41.1. The number of guanidine groups is 1. The Hall–Kier alpha value is -8.02. The van der Waals surface area contributed by atoms with Crippen LogP contribution in [0.2, 0.25) is 0 Å². The van der Waals surface area contributed by atoms with Crippen LogP contribution in [-0.2, 0) is 64.2 Å². The summed E-state index contributed by atoms with van der Waals surface area (Å²) in [5.41, 5.74) is 20.2. The van der Waals surface area contributed by atoms with Crippen molar-refractivity contribution in [2.45, 2.75) is 119 Å². The molecule has 1 saturated heterocycles. The molecule has 28 heteroatoms. The van der Waals surface area contributed by atoms with Gasteiger partial charge in [0, 0.05) is 52.3 Å². The predicted molar refractivity (Wildman–Crippen MR) is 330 cm³/mol. The van der Waals surface area contributed by atoms with Gasteiger partial charge in [-0.2, -0.15) is 0 Å². The van der Waals surface area contributed by atoms with E-state index in [9.17, 15) is 48.9 Å². The maximum absolute atomic E-state index is 15.1. The lowest BCUT2D eigenvalue weighted by molar-refractivity contribution is -0.145. The van der Waals surface area contributed by atoms with Crippen LogP contribution in [0.15, 0.2) is 119 Å². The van der Waals surface area contributed by atoms with Gasteiger partial charge in [-0.1, -0.05) is 107 Å². The number of unbranched alkanes of at least 4 members (excludes halogenated alkanes) is 1. The minimum atomic E-state index is -1.85. The average molecular weight is 1290 g/mol. The number of nitrogens with zero attached hydrogens (tertiary/aromatic N) is 1. The van der Waals surface area contributed by atoms with Crippen molar-refractivity contribution < 1.29 is 58.5 Å². The summed E-state index contributed by atoms with van der Waals surface area (Å²) in [5.74, 6) is -9.70. The van der Waals surface area contributed by atoms with Crippen molar-refractivity contribution in [1.29, 1.82) is 0 Å². The summed E-state index contributed by atoms with van der Waals surface area (Å²) in [6.07, 6.45) is -1.27. The number of aliphatic hydroxyl groups is 2. The summed E-state index contributed by atoms with van der Waals surface area (Å²) < 4.78 is 0.352. The summed E-state index contributed by atoms with van der Waals surface area (Å²) in [5, 5.41) is 53.0. The molecule has 1 aliphatic heterocycles. The number of para-hydroxylation sites is 1. The normalized spacial score (nSPS) is 20.7. The Morgan fingerprint density at radius 3 is 1.97 bits per heavy atom.